The molecule has 0 bridgehead atoms. The second kappa shape index (κ2) is 8.11. The number of esters is 2. The summed E-state index contributed by atoms with van der Waals surface area (Å²) in [6.45, 7) is -0.831. The Hall–Kier alpha value is -3.98. The number of hydrogen-bond donors (Lipinski definition) is 9. The van der Waals surface area contributed by atoms with Gasteiger partial charge in [-0.25, -0.2) is 9.59 Å². The fourth-order valence-electron chi connectivity index (χ4n) is 3.81. The van der Waals surface area contributed by atoms with Crippen LogP contribution in [0, 0.1) is 0 Å². The van der Waals surface area contributed by atoms with E-state index in [1.807, 2.05) is 0 Å². The third-order valence-corrected chi connectivity index (χ3v) is 5.50. The van der Waals surface area contributed by atoms with E-state index in [9.17, 15) is 55.5 Å². The van der Waals surface area contributed by atoms with Gasteiger partial charge in [0.1, 0.15) is 12.2 Å². The van der Waals surface area contributed by atoms with Crippen molar-refractivity contribution in [2.75, 3.05) is 6.61 Å². The number of hydrogen-bond acceptors (Lipinski definition) is 14. The van der Waals surface area contributed by atoms with E-state index in [2.05, 4.69) is 0 Å². The highest BCUT2D eigenvalue weighted by molar-refractivity contribution is 6.08. The van der Waals surface area contributed by atoms with Gasteiger partial charge in [0.15, 0.2) is 41.5 Å². The van der Waals surface area contributed by atoms with Crippen LogP contribution < -0.4 is 0 Å². The first-order valence-electron chi connectivity index (χ1n) is 9.58. The zero-order valence-electron chi connectivity index (χ0n) is 16.8. The molecule has 0 amide bonds. The minimum absolute atomic E-state index is 0.602. The lowest BCUT2D eigenvalue weighted by Crippen LogP contribution is -2.61. The summed E-state index contributed by atoms with van der Waals surface area (Å²) in [5.74, 6) is -9.67. The Labute approximate surface area is 188 Å². The van der Waals surface area contributed by atoms with Crippen molar-refractivity contribution in [2.24, 2.45) is 0 Å². The van der Waals surface area contributed by atoms with Gasteiger partial charge in [-0.3, -0.25) is 0 Å². The van der Waals surface area contributed by atoms with E-state index in [0.29, 0.717) is 12.1 Å². The van der Waals surface area contributed by atoms with Crippen LogP contribution in [0.25, 0.3) is 11.1 Å². The summed E-state index contributed by atoms with van der Waals surface area (Å²) in [5.41, 5.74) is -3.15. The molecule has 4 rings (SSSR count). The van der Waals surface area contributed by atoms with Gasteiger partial charge in [0.2, 0.25) is 11.5 Å². The number of fused-ring (bicyclic) bond motifs is 4. The van der Waals surface area contributed by atoms with Gasteiger partial charge in [0.05, 0.1) is 17.7 Å². The van der Waals surface area contributed by atoms with Crippen molar-refractivity contribution in [3.05, 3.63) is 23.3 Å². The lowest BCUT2D eigenvalue weighted by Gasteiger charge is -2.41. The fraction of sp³-hybridized carbons (Fsp3) is 0.300. The summed E-state index contributed by atoms with van der Waals surface area (Å²) in [5, 5.41) is 90.9. The minimum atomic E-state index is -2.02. The van der Waals surface area contributed by atoms with Gasteiger partial charge >= 0.3 is 11.9 Å². The molecule has 34 heavy (non-hydrogen) atoms. The fourth-order valence-corrected chi connectivity index (χ4v) is 3.81. The van der Waals surface area contributed by atoms with Gasteiger partial charge in [-0.05, 0) is 12.1 Å². The molecule has 14 heteroatoms. The number of phenolic OH excluding ortho intramolecular Hbond substituents is 6. The Balaban J connectivity index is 2.04. The molecule has 9 N–H and O–H groups in total. The van der Waals surface area contributed by atoms with Gasteiger partial charge in [0.25, 0.3) is 0 Å². The SMILES string of the molecule is O=C1O[C@@H]2[C@@H](OC(=O)c3cc(O)c(O)c(O)c3-c3c1cc(O)c(O)c3O)[C@H](O)[C@@H](CO)O[C@@H]2O. The van der Waals surface area contributed by atoms with Crippen LogP contribution in [-0.2, 0) is 14.2 Å². The number of aliphatic hydroxyl groups excluding tert-OH is 3. The highest BCUT2D eigenvalue weighted by Crippen LogP contribution is 2.53. The first-order valence-corrected chi connectivity index (χ1v) is 9.58. The molecule has 0 spiro atoms. The molecule has 14 nitrogen and oxygen atoms in total. The third kappa shape index (κ3) is 3.36. The minimum Gasteiger partial charge on any atom is -0.504 e. The molecule has 1 saturated heterocycles. The van der Waals surface area contributed by atoms with E-state index in [0.717, 1.165) is 0 Å². The quantitative estimate of drug-likeness (QED) is 0.170. The lowest BCUT2D eigenvalue weighted by atomic mass is 9.91. The molecule has 0 saturated carbocycles. The molecular formula is C20H18O14. The molecular weight excluding hydrogens is 464 g/mol. The average Bonchev–Trinajstić information content (AvgIpc) is 2.79. The van der Waals surface area contributed by atoms with E-state index in [4.69, 9.17) is 14.2 Å². The number of rotatable bonds is 1. The topological polar surface area (TPSA) is 244 Å². The standard InChI is InChI=1S/C20H18O14/c21-3-8-13(26)16-17(20(31)32-8)34-19(30)5-2-7(23)12(25)15(28)10(5)9-4(18(29)33-16)1-6(22)11(24)14(9)27/h1-2,8,13,16-17,20-28,31H,3H2/t8-,13-,16+,17-,20+/m1/s1. The molecule has 182 valence electrons. The van der Waals surface area contributed by atoms with Crippen molar-refractivity contribution >= 4 is 11.9 Å². The zero-order chi connectivity index (χ0) is 25.1. The summed E-state index contributed by atoms with van der Waals surface area (Å²) in [6, 6.07) is 1.21. The molecule has 2 aliphatic rings. The first-order chi connectivity index (χ1) is 16.0. The Morgan fingerprint density at radius 3 is 1.59 bits per heavy atom. The Bertz CT molecular complexity index is 1190. The first kappa shape index (κ1) is 23.2. The average molecular weight is 482 g/mol. The molecule has 1 fully saturated rings. The Morgan fingerprint density at radius 2 is 1.15 bits per heavy atom. The number of ether oxygens (including phenoxy) is 3. The van der Waals surface area contributed by atoms with Crippen molar-refractivity contribution in [3.63, 3.8) is 0 Å². The molecule has 0 radical (unpaired) electrons. The molecule has 2 aliphatic heterocycles. The van der Waals surface area contributed by atoms with Crippen molar-refractivity contribution in [1.82, 2.24) is 0 Å². The molecule has 0 aliphatic carbocycles. The van der Waals surface area contributed by atoms with Crippen LogP contribution in [0.4, 0.5) is 0 Å². The van der Waals surface area contributed by atoms with E-state index < -0.39 is 106 Å². The Kier molecular flexibility index (Phi) is 5.53. The molecule has 0 unspecified atom stereocenters. The smallest absolute Gasteiger partial charge is 0.339 e. The number of carbonyl (C=O) groups is 2. The predicted octanol–water partition coefficient (Wildman–Crippen LogP) is -1.28. The van der Waals surface area contributed by atoms with E-state index >= 15 is 0 Å². The van der Waals surface area contributed by atoms with Gasteiger partial charge in [0, 0.05) is 11.1 Å². The largest absolute Gasteiger partial charge is 0.504 e. The van der Waals surface area contributed by atoms with Crippen LogP contribution in [0.3, 0.4) is 0 Å². The van der Waals surface area contributed by atoms with Crippen LogP contribution >= 0.6 is 0 Å². The molecule has 0 aromatic heterocycles. The molecule has 2 heterocycles. The predicted molar refractivity (Wildman–Crippen MR) is 104 cm³/mol. The summed E-state index contributed by atoms with van der Waals surface area (Å²) < 4.78 is 15.3. The van der Waals surface area contributed by atoms with Crippen LogP contribution in [0.15, 0.2) is 12.1 Å². The Morgan fingerprint density at radius 1 is 0.706 bits per heavy atom. The van der Waals surface area contributed by atoms with Crippen LogP contribution in [0.2, 0.25) is 0 Å². The van der Waals surface area contributed by atoms with Crippen LogP contribution in [0.5, 0.6) is 34.5 Å². The summed E-state index contributed by atoms with van der Waals surface area (Å²) in [6.07, 6.45) is -9.06. The van der Waals surface area contributed by atoms with E-state index in [-0.39, 0.29) is 0 Å². The van der Waals surface area contributed by atoms with Crippen molar-refractivity contribution in [3.8, 4) is 45.6 Å². The maximum atomic E-state index is 13.0. The summed E-state index contributed by atoms with van der Waals surface area (Å²) in [7, 11) is 0. The van der Waals surface area contributed by atoms with Gasteiger partial charge in [-0.15, -0.1) is 0 Å². The van der Waals surface area contributed by atoms with Gasteiger partial charge in [-0.2, -0.15) is 0 Å². The number of carbonyl (C=O) groups excluding carboxylic acids is 2. The van der Waals surface area contributed by atoms with Gasteiger partial charge < -0.3 is 60.2 Å². The van der Waals surface area contributed by atoms with E-state index in [1.165, 1.54) is 0 Å². The lowest BCUT2D eigenvalue weighted by molar-refractivity contribution is -0.285. The molecule has 2 aromatic rings. The summed E-state index contributed by atoms with van der Waals surface area (Å²) in [4.78, 5) is 26.0. The third-order valence-electron chi connectivity index (χ3n) is 5.50. The zero-order valence-corrected chi connectivity index (χ0v) is 16.8. The number of benzene rings is 2. The highest BCUT2D eigenvalue weighted by Gasteiger charge is 2.50. The summed E-state index contributed by atoms with van der Waals surface area (Å²) >= 11 is 0. The van der Waals surface area contributed by atoms with E-state index in [1.54, 1.807) is 0 Å². The van der Waals surface area contributed by atoms with Crippen LogP contribution in [-0.4, -0.2) is 95.2 Å². The normalized spacial score (nSPS) is 26.5. The maximum absolute atomic E-state index is 13.0. The highest BCUT2D eigenvalue weighted by atomic mass is 16.7. The number of aliphatic hydroxyl groups is 3. The van der Waals surface area contributed by atoms with Crippen molar-refractivity contribution < 1.29 is 69.8 Å². The number of aromatic hydroxyl groups is 6. The monoisotopic (exact) mass is 482 g/mol. The van der Waals surface area contributed by atoms with Crippen molar-refractivity contribution in [2.45, 2.75) is 30.7 Å². The second-order valence-electron chi connectivity index (χ2n) is 7.51. The molecule has 5 atom stereocenters. The van der Waals surface area contributed by atoms with Crippen LogP contribution in [0.1, 0.15) is 20.7 Å². The van der Waals surface area contributed by atoms with Gasteiger partial charge in [-0.1, -0.05) is 0 Å². The maximum Gasteiger partial charge on any atom is 0.339 e. The van der Waals surface area contributed by atoms with Crippen molar-refractivity contribution in [1.29, 1.82) is 0 Å². The second-order valence-corrected chi connectivity index (χ2v) is 7.51. The number of phenols is 6. The molecule has 2 aromatic carbocycles.